The van der Waals surface area contributed by atoms with Gasteiger partial charge in [0.15, 0.2) is 11.5 Å². The molecule has 4 aromatic rings. The lowest BCUT2D eigenvalue weighted by Crippen LogP contribution is -2.37. The Kier molecular flexibility index (Phi) is 7.70. The lowest BCUT2D eigenvalue weighted by atomic mass is 9.99. The van der Waals surface area contributed by atoms with Crippen LogP contribution in [0.3, 0.4) is 0 Å². The Bertz CT molecular complexity index is 1520. The quantitative estimate of drug-likeness (QED) is 0.379. The highest BCUT2D eigenvalue weighted by atomic mass is 32.1. The van der Waals surface area contributed by atoms with Crippen LogP contribution >= 0.6 is 11.3 Å². The van der Waals surface area contributed by atoms with Gasteiger partial charge in [-0.1, -0.05) is 11.3 Å². The van der Waals surface area contributed by atoms with Crippen LogP contribution in [0.4, 0.5) is 0 Å². The molecule has 2 aliphatic rings. The highest BCUT2D eigenvalue weighted by Gasteiger charge is 2.36. The molecule has 2 amide bonds. The van der Waals surface area contributed by atoms with Crippen molar-refractivity contribution in [2.24, 2.45) is 5.92 Å². The molecule has 6 rings (SSSR count). The van der Waals surface area contributed by atoms with Crippen LogP contribution in [0.2, 0.25) is 0 Å². The molecule has 5 heterocycles. The van der Waals surface area contributed by atoms with Crippen molar-refractivity contribution in [3.8, 4) is 22.1 Å². The maximum Gasteiger partial charge on any atom is 0.257 e. The number of benzene rings is 1. The lowest BCUT2D eigenvalue weighted by Gasteiger charge is -2.21. The van der Waals surface area contributed by atoms with Crippen molar-refractivity contribution in [1.82, 2.24) is 40.3 Å². The maximum absolute atomic E-state index is 13.2. The minimum Gasteiger partial charge on any atom is -0.493 e. The molecule has 0 aliphatic carbocycles. The molecule has 1 saturated heterocycles. The van der Waals surface area contributed by atoms with Crippen LogP contribution < -0.4 is 14.8 Å². The van der Waals surface area contributed by atoms with Crippen molar-refractivity contribution in [2.45, 2.75) is 25.6 Å². The van der Waals surface area contributed by atoms with Crippen LogP contribution in [0.25, 0.3) is 10.6 Å². The number of fused-ring (bicyclic) bond motifs is 5. The largest absolute Gasteiger partial charge is 0.493 e. The maximum atomic E-state index is 13.2. The van der Waals surface area contributed by atoms with Crippen molar-refractivity contribution in [1.29, 1.82) is 0 Å². The number of hydrogen-bond donors (Lipinski definition) is 2. The molecular weight excluding hydrogens is 544 g/mol. The zero-order valence-corrected chi connectivity index (χ0v) is 23.8. The molecule has 13 heteroatoms. The Hall–Kier alpha value is -4.23. The SMILES string of the molecule is COc1cccc2c1OCc1cn(nn1)[C@@H]1CN(Cc3ccc(-c4ccn[nH]4)s3)C[C@@H]1CC(=O)NCCN(C)C2=O. The van der Waals surface area contributed by atoms with E-state index in [1.54, 1.807) is 47.7 Å². The molecule has 1 fully saturated rings. The molecule has 0 unspecified atom stereocenters. The summed E-state index contributed by atoms with van der Waals surface area (Å²) in [6.45, 7) is 3.11. The van der Waals surface area contributed by atoms with Gasteiger partial charge in [0, 0.05) is 63.2 Å². The number of H-pyrrole nitrogens is 1. The van der Waals surface area contributed by atoms with E-state index in [0.717, 1.165) is 30.2 Å². The van der Waals surface area contributed by atoms with E-state index in [4.69, 9.17) is 9.47 Å². The highest BCUT2D eigenvalue weighted by Crippen LogP contribution is 2.35. The second-order valence-electron chi connectivity index (χ2n) is 10.4. The number of ether oxygens (including phenoxy) is 2. The van der Waals surface area contributed by atoms with Gasteiger partial charge in [0.05, 0.1) is 35.5 Å². The number of aromatic nitrogens is 5. The minimum atomic E-state index is -0.223. The number of para-hydroxylation sites is 1. The first-order chi connectivity index (χ1) is 20.0. The summed E-state index contributed by atoms with van der Waals surface area (Å²) < 4.78 is 13.5. The molecule has 0 spiro atoms. The molecule has 2 atom stereocenters. The third kappa shape index (κ3) is 5.81. The Morgan fingerprint density at radius 3 is 2.90 bits per heavy atom. The van der Waals surface area contributed by atoms with Gasteiger partial charge in [-0.15, -0.1) is 16.4 Å². The van der Waals surface area contributed by atoms with Gasteiger partial charge < -0.3 is 19.7 Å². The normalized spacial score (nSPS) is 20.3. The summed E-state index contributed by atoms with van der Waals surface area (Å²) in [6.07, 6.45) is 3.98. The van der Waals surface area contributed by atoms with Gasteiger partial charge in [-0.2, -0.15) is 5.10 Å². The summed E-state index contributed by atoms with van der Waals surface area (Å²) in [7, 11) is 3.25. The average Bonchev–Trinajstić information content (AvgIpc) is 3.78. The van der Waals surface area contributed by atoms with Crippen LogP contribution in [0.15, 0.2) is 48.8 Å². The van der Waals surface area contributed by atoms with Crippen LogP contribution in [-0.2, 0) is 17.9 Å². The average molecular weight is 577 g/mol. The van der Waals surface area contributed by atoms with Crippen molar-refractivity contribution >= 4 is 23.2 Å². The summed E-state index contributed by atoms with van der Waals surface area (Å²) in [4.78, 5) is 32.6. The number of amides is 2. The Morgan fingerprint density at radius 1 is 1.17 bits per heavy atom. The Morgan fingerprint density at radius 2 is 2.07 bits per heavy atom. The monoisotopic (exact) mass is 576 g/mol. The highest BCUT2D eigenvalue weighted by molar-refractivity contribution is 7.15. The van der Waals surface area contributed by atoms with E-state index in [0.29, 0.717) is 42.3 Å². The molecule has 0 saturated carbocycles. The molecule has 2 aliphatic heterocycles. The van der Waals surface area contributed by atoms with Gasteiger partial charge in [0.2, 0.25) is 5.91 Å². The molecule has 2 bridgehead atoms. The number of likely N-dealkylation sites (N-methyl/N-ethyl adjacent to an activating group) is 1. The predicted octanol–water partition coefficient (Wildman–Crippen LogP) is 2.58. The molecule has 3 aromatic heterocycles. The number of carbonyl (C=O) groups is 2. The summed E-state index contributed by atoms with van der Waals surface area (Å²) in [5, 5.41) is 18.9. The number of hydrogen-bond acceptors (Lipinski definition) is 9. The van der Waals surface area contributed by atoms with E-state index in [-0.39, 0.29) is 30.4 Å². The molecule has 41 heavy (non-hydrogen) atoms. The van der Waals surface area contributed by atoms with Gasteiger partial charge in [-0.3, -0.25) is 19.6 Å². The van der Waals surface area contributed by atoms with Crippen LogP contribution in [0.1, 0.15) is 33.4 Å². The van der Waals surface area contributed by atoms with E-state index in [1.165, 1.54) is 12.0 Å². The molecule has 0 radical (unpaired) electrons. The second-order valence-corrected chi connectivity index (χ2v) is 11.5. The zero-order chi connectivity index (χ0) is 28.3. The number of methoxy groups -OCH3 is 1. The van der Waals surface area contributed by atoms with Crippen molar-refractivity contribution in [3.63, 3.8) is 0 Å². The first kappa shape index (κ1) is 27.0. The standard InChI is InChI=1S/C28H32N8O4S/c1-34-11-10-29-26(37)12-18-13-35(15-20-6-7-25(41-20)22-8-9-30-32-22)16-23(18)36-14-19(31-33-36)17-40-27-21(28(34)38)4-3-5-24(27)39-2/h3-9,14,18,23H,10-13,15-17H2,1-2H3,(H,29,37)(H,30,32)/t18-,23+/m0/s1. The van der Waals surface area contributed by atoms with E-state index in [2.05, 4.69) is 42.9 Å². The Labute approximate surface area is 241 Å². The first-order valence-corrected chi connectivity index (χ1v) is 14.3. The number of likely N-dealkylation sites (tertiary alicyclic amines) is 1. The van der Waals surface area contributed by atoms with E-state index < -0.39 is 0 Å². The Balaban J connectivity index is 1.24. The summed E-state index contributed by atoms with van der Waals surface area (Å²) in [5.41, 5.74) is 2.01. The van der Waals surface area contributed by atoms with E-state index >= 15 is 0 Å². The van der Waals surface area contributed by atoms with Crippen LogP contribution in [0.5, 0.6) is 11.5 Å². The van der Waals surface area contributed by atoms with Gasteiger partial charge in [0.25, 0.3) is 5.91 Å². The predicted molar refractivity (Wildman–Crippen MR) is 152 cm³/mol. The summed E-state index contributed by atoms with van der Waals surface area (Å²) in [6, 6.07) is 11.4. The number of nitrogens with zero attached hydrogens (tertiary/aromatic N) is 6. The number of aromatic amines is 1. The summed E-state index contributed by atoms with van der Waals surface area (Å²) in [5.74, 6) is 0.596. The molecule has 12 nitrogen and oxygen atoms in total. The van der Waals surface area contributed by atoms with Crippen molar-refractivity contribution in [2.75, 3.05) is 40.3 Å². The minimum absolute atomic E-state index is 0.0204. The topological polar surface area (TPSA) is 130 Å². The third-order valence-corrected chi connectivity index (χ3v) is 8.65. The fourth-order valence-corrected chi connectivity index (χ4v) is 6.48. The van der Waals surface area contributed by atoms with Gasteiger partial charge in [-0.05, 0) is 30.3 Å². The van der Waals surface area contributed by atoms with E-state index in [1.807, 2.05) is 16.9 Å². The lowest BCUT2D eigenvalue weighted by molar-refractivity contribution is -0.122. The third-order valence-electron chi connectivity index (χ3n) is 7.54. The second kappa shape index (κ2) is 11.7. The molecule has 214 valence electrons. The number of nitrogens with one attached hydrogen (secondary N) is 2. The van der Waals surface area contributed by atoms with Crippen molar-refractivity contribution < 1.29 is 19.1 Å². The number of rotatable bonds is 4. The van der Waals surface area contributed by atoms with Gasteiger partial charge in [0.1, 0.15) is 12.3 Å². The number of thiophene rings is 1. The van der Waals surface area contributed by atoms with Crippen LogP contribution in [0, 0.1) is 5.92 Å². The smallest absolute Gasteiger partial charge is 0.257 e. The first-order valence-electron chi connectivity index (χ1n) is 13.5. The van der Waals surface area contributed by atoms with Gasteiger partial charge in [-0.25, -0.2) is 4.68 Å². The number of carbonyl (C=O) groups excluding carboxylic acids is 2. The van der Waals surface area contributed by atoms with E-state index in [9.17, 15) is 9.59 Å². The zero-order valence-electron chi connectivity index (χ0n) is 22.9. The molecular formula is C28H32N8O4S. The fourth-order valence-electron chi connectivity index (χ4n) is 5.45. The molecule has 2 N–H and O–H groups in total. The van der Waals surface area contributed by atoms with Crippen LogP contribution in [-0.4, -0.2) is 87.1 Å². The summed E-state index contributed by atoms with van der Waals surface area (Å²) >= 11 is 1.73. The fraction of sp³-hybridized carbons (Fsp3) is 0.393. The van der Waals surface area contributed by atoms with Crippen molar-refractivity contribution in [3.05, 3.63) is 64.9 Å². The molecule has 1 aromatic carbocycles. The van der Waals surface area contributed by atoms with Gasteiger partial charge >= 0.3 is 0 Å².